The quantitative estimate of drug-likeness (QED) is 0.204. The lowest BCUT2D eigenvalue weighted by Crippen LogP contribution is -2.68. The molecule has 0 radical (unpaired) electrons. The van der Waals surface area contributed by atoms with Crippen LogP contribution in [0, 0.1) is 56.7 Å². The molecule has 7 nitrogen and oxygen atoms in total. The number of carbonyl (C=O) groups is 3. The van der Waals surface area contributed by atoms with Gasteiger partial charge < -0.3 is 19.9 Å². The summed E-state index contributed by atoms with van der Waals surface area (Å²) in [7, 11) is 0. The fourth-order valence-electron chi connectivity index (χ4n) is 13.2. The third-order valence-electron chi connectivity index (χ3n) is 15.5. The predicted molar refractivity (Wildman–Crippen MR) is 186 cm³/mol. The Kier molecular flexibility index (Phi) is 9.22. The molecule has 0 spiro atoms. The first-order valence-electron chi connectivity index (χ1n) is 18.6. The number of carboxylic acids is 1. The van der Waals surface area contributed by atoms with Gasteiger partial charge >= 0.3 is 17.9 Å². The number of rotatable bonds is 9. The Hall–Kier alpha value is -2.67. The maximum absolute atomic E-state index is 13.3. The second-order valence-corrected chi connectivity index (χ2v) is 17.5. The Morgan fingerprint density at radius 2 is 1.58 bits per heavy atom. The van der Waals surface area contributed by atoms with E-state index in [0.29, 0.717) is 18.4 Å². The second-order valence-electron chi connectivity index (χ2n) is 17.5. The van der Waals surface area contributed by atoms with Crippen LogP contribution in [0.3, 0.4) is 0 Å². The molecule has 0 aromatic heterocycles. The predicted octanol–water partition coefficient (Wildman–Crippen LogP) is 7.97. The zero-order valence-electron chi connectivity index (χ0n) is 30.2. The van der Waals surface area contributed by atoms with Crippen LogP contribution in [0.4, 0.5) is 0 Å². The Morgan fingerprint density at radius 1 is 0.854 bits per heavy atom. The van der Waals surface area contributed by atoms with Gasteiger partial charge in [-0.15, -0.1) is 0 Å². The zero-order valence-corrected chi connectivity index (χ0v) is 30.2. The van der Waals surface area contributed by atoms with Gasteiger partial charge in [-0.05, 0) is 116 Å². The summed E-state index contributed by atoms with van der Waals surface area (Å²) in [6.45, 7) is 19.0. The number of fused-ring (bicyclic) bond motifs is 7. The van der Waals surface area contributed by atoms with Gasteiger partial charge in [0, 0.05) is 32.4 Å². The summed E-state index contributed by atoms with van der Waals surface area (Å²) in [6.07, 6.45) is 8.92. The highest BCUT2D eigenvalue weighted by Crippen LogP contribution is 2.77. The Labute approximate surface area is 288 Å². The molecule has 5 fully saturated rings. The monoisotopic (exact) mass is 661 g/mol. The summed E-state index contributed by atoms with van der Waals surface area (Å²) in [5.41, 5.74) is 1.31. The van der Waals surface area contributed by atoms with Crippen LogP contribution in [0.25, 0.3) is 0 Å². The number of esters is 2. The maximum atomic E-state index is 13.3. The summed E-state index contributed by atoms with van der Waals surface area (Å²) in [5.74, 6) is 0.139. The molecule has 0 bridgehead atoms. The van der Waals surface area contributed by atoms with Crippen molar-refractivity contribution in [3.8, 4) is 0 Å². The van der Waals surface area contributed by atoms with Crippen LogP contribution < -0.4 is 5.32 Å². The van der Waals surface area contributed by atoms with Gasteiger partial charge in [0.15, 0.2) is 0 Å². The molecule has 2 N–H and O–H groups in total. The van der Waals surface area contributed by atoms with Crippen LogP contribution in [-0.4, -0.2) is 42.3 Å². The molecule has 48 heavy (non-hydrogen) atoms. The Bertz CT molecular complexity index is 1430. The average molecular weight is 662 g/mol. The lowest BCUT2D eigenvalue weighted by molar-refractivity contribution is -0.257. The largest absolute Gasteiger partial charge is 0.481 e. The zero-order chi connectivity index (χ0) is 34.7. The summed E-state index contributed by atoms with van der Waals surface area (Å²) >= 11 is 0. The van der Waals surface area contributed by atoms with Crippen LogP contribution >= 0.6 is 0 Å². The number of benzene rings is 1. The number of hydrogen-bond acceptors (Lipinski definition) is 6. The molecule has 0 amide bonds. The number of hydrogen-bond donors (Lipinski definition) is 2. The summed E-state index contributed by atoms with van der Waals surface area (Å²) in [5, 5.41) is 14.5. The first-order valence-corrected chi connectivity index (χ1v) is 18.6. The minimum atomic E-state index is -0.674. The molecule has 6 rings (SSSR count). The molecule has 0 saturated heterocycles. The van der Waals surface area contributed by atoms with Crippen molar-refractivity contribution in [1.29, 1.82) is 0 Å². The molecule has 2 unspecified atom stereocenters. The van der Waals surface area contributed by atoms with Gasteiger partial charge in [-0.3, -0.25) is 14.4 Å². The first kappa shape index (κ1) is 35.2. The smallest absolute Gasteiger partial charge is 0.309 e. The van der Waals surface area contributed by atoms with Gasteiger partial charge in [-0.25, -0.2) is 0 Å². The second kappa shape index (κ2) is 12.6. The van der Waals surface area contributed by atoms with E-state index in [9.17, 15) is 19.5 Å². The molecule has 5 aliphatic rings. The fraction of sp³-hybridized carbons (Fsp3) is 0.732. The standard InChI is InChI=1S/C41H59NO6/c1-26(23-42-24-29-11-9-8-10-12-29)30-15-20-41(36(45)46)22-21-39(6)31(35(30)41)13-14-33-37(4)18-17-34(48-28(3)44)38(5,25-47-27(2)43)32(37)16-19-40(33,39)7/h8-12,30-35,42H,1,13-25H2,2-7H3,(H,45,46)/t30-,31?,32+,33+,34?,35+,37-,38-,39+,40+,41-/m0/s1. The fourth-order valence-corrected chi connectivity index (χ4v) is 13.2. The summed E-state index contributed by atoms with van der Waals surface area (Å²) in [6, 6.07) is 10.4. The minimum Gasteiger partial charge on any atom is -0.481 e. The average Bonchev–Trinajstić information content (AvgIpc) is 3.44. The molecule has 5 saturated carbocycles. The van der Waals surface area contributed by atoms with Crippen LogP contribution in [0.2, 0.25) is 0 Å². The van der Waals surface area contributed by atoms with Gasteiger partial charge in [0.05, 0.1) is 5.41 Å². The number of aliphatic carboxylic acids is 1. The van der Waals surface area contributed by atoms with Crippen LogP contribution in [0.15, 0.2) is 42.5 Å². The minimum absolute atomic E-state index is 0.00606. The van der Waals surface area contributed by atoms with E-state index in [1.807, 2.05) is 6.07 Å². The van der Waals surface area contributed by atoms with Crippen molar-refractivity contribution in [2.24, 2.45) is 56.7 Å². The van der Waals surface area contributed by atoms with E-state index < -0.39 is 16.8 Å². The number of nitrogens with one attached hydrogen (secondary N) is 1. The van der Waals surface area contributed by atoms with Crippen LogP contribution in [-0.2, 0) is 30.4 Å². The number of carboxylic acid groups (broad SMARTS) is 1. The van der Waals surface area contributed by atoms with E-state index in [1.165, 1.54) is 19.4 Å². The van der Waals surface area contributed by atoms with Crippen molar-refractivity contribution in [1.82, 2.24) is 5.32 Å². The van der Waals surface area contributed by atoms with Crippen molar-refractivity contribution in [3.63, 3.8) is 0 Å². The van der Waals surface area contributed by atoms with Crippen molar-refractivity contribution in [2.45, 2.75) is 118 Å². The third kappa shape index (κ3) is 5.36. The molecule has 264 valence electrons. The highest BCUT2D eigenvalue weighted by atomic mass is 16.6. The van der Waals surface area contributed by atoms with Crippen molar-refractivity contribution < 1.29 is 29.0 Å². The number of ether oxygens (including phenoxy) is 2. The van der Waals surface area contributed by atoms with E-state index in [4.69, 9.17) is 9.47 Å². The molecular weight excluding hydrogens is 602 g/mol. The molecule has 11 atom stereocenters. The van der Waals surface area contributed by atoms with Gasteiger partial charge in [0.25, 0.3) is 0 Å². The van der Waals surface area contributed by atoms with Gasteiger partial charge in [-0.2, -0.15) is 0 Å². The molecule has 5 aliphatic carbocycles. The van der Waals surface area contributed by atoms with E-state index in [2.05, 4.69) is 63.9 Å². The first-order chi connectivity index (χ1) is 22.6. The summed E-state index contributed by atoms with van der Waals surface area (Å²) in [4.78, 5) is 37.6. The third-order valence-corrected chi connectivity index (χ3v) is 15.5. The van der Waals surface area contributed by atoms with E-state index in [-0.39, 0.29) is 58.6 Å². The lowest BCUT2D eigenvalue weighted by atomic mass is 9.32. The Morgan fingerprint density at radius 3 is 2.25 bits per heavy atom. The molecule has 7 heteroatoms. The highest BCUT2D eigenvalue weighted by molar-refractivity contribution is 5.76. The van der Waals surface area contributed by atoms with Crippen molar-refractivity contribution >= 4 is 17.9 Å². The number of carbonyl (C=O) groups excluding carboxylic acids is 2. The normalized spacial score (nSPS) is 43.1. The van der Waals surface area contributed by atoms with Crippen LogP contribution in [0.1, 0.15) is 111 Å². The van der Waals surface area contributed by atoms with Crippen molar-refractivity contribution in [2.75, 3.05) is 13.2 Å². The molecule has 1 aromatic carbocycles. The van der Waals surface area contributed by atoms with E-state index in [1.54, 1.807) is 0 Å². The lowest BCUT2D eigenvalue weighted by Gasteiger charge is -2.72. The van der Waals surface area contributed by atoms with Crippen molar-refractivity contribution in [3.05, 3.63) is 48.0 Å². The molecular formula is C41H59NO6. The van der Waals surface area contributed by atoms with E-state index in [0.717, 1.165) is 76.3 Å². The van der Waals surface area contributed by atoms with Gasteiger partial charge in [-0.1, -0.05) is 70.2 Å². The van der Waals surface area contributed by atoms with Crippen LogP contribution in [0.5, 0.6) is 0 Å². The van der Waals surface area contributed by atoms with Gasteiger partial charge in [0.1, 0.15) is 12.7 Å². The maximum Gasteiger partial charge on any atom is 0.309 e. The summed E-state index contributed by atoms with van der Waals surface area (Å²) < 4.78 is 11.7. The molecule has 0 heterocycles. The van der Waals surface area contributed by atoms with E-state index >= 15 is 0 Å². The molecule has 0 aliphatic heterocycles. The Balaban J connectivity index is 1.29. The molecule has 1 aromatic rings. The topological polar surface area (TPSA) is 102 Å². The van der Waals surface area contributed by atoms with Gasteiger partial charge in [0.2, 0.25) is 0 Å². The SMILES string of the molecule is C=C(CNCc1ccccc1)[C@@H]1CC[C@]2(C(=O)O)CC[C@]3(C)C(CC[C@@H]4[C@@]5(C)CCC(OC(C)=O)[C@@](C)(COC(C)=O)[C@@H]5CC[C@]43C)[C@@H]12. The highest BCUT2D eigenvalue weighted by Gasteiger charge is 2.72.